The van der Waals surface area contributed by atoms with Crippen LogP contribution in [0.15, 0.2) is 42.5 Å². The van der Waals surface area contributed by atoms with Gasteiger partial charge in [0.2, 0.25) is 0 Å². The fourth-order valence-electron chi connectivity index (χ4n) is 2.27. The third kappa shape index (κ3) is 3.89. The molecule has 2 aromatic rings. The van der Waals surface area contributed by atoms with E-state index in [1.807, 2.05) is 19.1 Å². The van der Waals surface area contributed by atoms with Crippen molar-refractivity contribution in [1.29, 1.82) is 0 Å². The Morgan fingerprint density at radius 1 is 0.955 bits per heavy atom. The van der Waals surface area contributed by atoms with Crippen LogP contribution in [0.1, 0.15) is 50.5 Å². The molecule has 0 bridgehead atoms. The Morgan fingerprint density at radius 2 is 1.59 bits per heavy atom. The largest absolute Gasteiger partial charge is 0.457 e. The van der Waals surface area contributed by atoms with E-state index in [4.69, 9.17) is 9.47 Å². The second-order valence-electron chi connectivity index (χ2n) is 6.78. The van der Waals surface area contributed by atoms with Gasteiger partial charge in [-0.05, 0) is 54.2 Å². The highest BCUT2D eigenvalue weighted by Gasteiger charge is 2.13. The molecule has 0 N–H and O–H groups in total. The number of hydrogen-bond acceptors (Lipinski definition) is 2. The molecule has 1 atom stereocenters. The Hall–Kier alpha value is -1.80. The molecule has 2 nitrogen and oxygen atoms in total. The summed E-state index contributed by atoms with van der Waals surface area (Å²) < 4.78 is 11.4. The Bertz CT molecular complexity index is 621. The van der Waals surface area contributed by atoms with E-state index in [1.165, 1.54) is 5.56 Å². The van der Waals surface area contributed by atoms with Gasteiger partial charge in [0.15, 0.2) is 0 Å². The Morgan fingerprint density at radius 3 is 2.14 bits per heavy atom. The van der Waals surface area contributed by atoms with Crippen LogP contribution >= 0.6 is 0 Å². The predicted octanol–water partition coefficient (Wildman–Crippen LogP) is 5.79. The molecule has 0 saturated heterocycles. The maximum atomic E-state index is 6.06. The van der Waals surface area contributed by atoms with Crippen LogP contribution in [0, 0.1) is 6.92 Å². The van der Waals surface area contributed by atoms with Crippen molar-refractivity contribution in [2.45, 2.75) is 46.1 Å². The summed E-state index contributed by atoms with van der Waals surface area (Å²) in [5.41, 5.74) is 3.70. The third-order valence-corrected chi connectivity index (χ3v) is 3.98. The summed E-state index contributed by atoms with van der Waals surface area (Å²) in [6, 6.07) is 14.5. The minimum atomic E-state index is 0.0613. The first-order valence-corrected chi connectivity index (χ1v) is 7.73. The van der Waals surface area contributed by atoms with Crippen molar-refractivity contribution < 1.29 is 9.47 Å². The quantitative estimate of drug-likeness (QED) is 0.711. The topological polar surface area (TPSA) is 18.5 Å². The molecule has 2 heteroatoms. The van der Waals surface area contributed by atoms with E-state index in [0.29, 0.717) is 0 Å². The van der Waals surface area contributed by atoms with Crippen LogP contribution in [0.5, 0.6) is 11.5 Å². The van der Waals surface area contributed by atoms with E-state index in [1.54, 1.807) is 7.11 Å². The van der Waals surface area contributed by atoms with Crippen LogP contribution in [0.3, 0.4) is 0 Å². The SMILES string of the molecule is COC(C)c1ccc(C)c(Oc2ccc(C(C)(C)C)cc2)c1. The van der Waals surface area contributed by atoms with Gasteiger partial charge in [-0.2, -0.15) is 0 Å². The van der Waals surface area contributed by atoms with Crippen LogP contribution in [-0.4, -0.2) is 7.11 Å². The van der Waals surface area contributed by atoms with Crippen molar-refractivity contribution >= 4 is 0 Å². The second kappa shape index (κ2) is 6.53. The van der Waals surface area contributed by atoms with E-state index in [-0.39, 0.29) is 11.5 Å². The molecule has 0 amide bonds. The first kappa shape index (κ1) is 16.6. The molecule has 0 heterocycles. The van der Waals surface area contributed by atoms with Gasteiger partial charge >= 0.3 is 0 Å². The molecular formula is C20H26O2. The smallest absolute Gasteiger partial charge is 0.130 e. The normalized spacial score (nSPS) is 13.0. The second-order valence-corrected chi connectivity index (χ2v) is 6.78. The number of hydrogen-bond donors (Lipinski definition) is 0. The Balaban J connectivity index is 2.23. The van der Waals surface area contributed by atoms with Crippen molar-refractivity contribution in [3.05, 3.63) is 59.2 Å². The maximum absolute atomic E-state index is 6.06. The van der Waals surface area contributed by atoms with Crippen molar-refractivity contribution in [2.75, 3.05) is 7.11 Å². The van der Waals surface area contributed by atoms with Crippen molar-refractivity contribution in [3.63, 3.8) is 0 Å². The van der Waals surface area contributed by atoms with Gasteiger partial charge in [0.1, 0.15) is 11.5 Å². The molecule has 1 unspecified atom stereocenters. The third-order valence-electron chi connectivity index (χ3n) is 3.98. The first-order valence-electron chi connectivity index (χ1n) is 7.73. The predicted molar refractivity (Wildman–Crippen MR) is 91.8 cm³/mol. The van der Waals surface area contributed by atoms with Crippen LogP contribution in [0.25, 0.3) is 0 Å². The van der Waals surface area contributed by atoms with E-state index in [2.05, 4.69) is 58.0 Å². The van der Waals surface area contributed by atoms with Crippen LogP contribution in [0.2, 0.25) is 0 Å². The lowest BCUT2D eigenvalue weighted by Gasteiger charge is -2.19. The summed E-state index contributed by atoms with van der Waals surface area (Å²) in [6.45, 7) is 10.7. The number of rotatable bonds is 4. The lowest BCUT2D eigenvalue weighted by atomic mass is 9.87. The first-order chi connectivity index (χ1) is 10.3. The number of ether oxygens (including phenoxy) is 2. The van der Waals surface area contributed by atoms with Gasteiger partial charge in [-0.15, -0.1) is 0 Å². The molecule has 0 spiro atoms. The Kier molecular flexibility index (Phi) is 4.92. The Labute approximate surface area is 134 Å². The van der Waals surface area contributed by atoms with Gasteiger partial charge in [-0.1, -0.05) is 45.0 Å². The molecule has 22 heavy (non-hydrogen) atoms. The molecule has 0 aromatic heterocycles. The van der Waals surface area contributed by atoms with E-state index >= 15 is 0 Å². The molecular weight excluding hydrogens is 272 g/mol. The molecule has 0 aliphatic rings. The monoisotopic (exact) mass is 298 g/mol. The van der Waals surface area contributed by atoms with E-state index in [0.717, 1.165) is 22.6 Å². The fraction of sp³-hybridized carbons (Fsp3) is 0.400. The lowest BCUT2D eigenvalue weighted by molar-refractivity contribution is 0.119. The number of methoxy groups -OCH3 is 1. The summed E-state index contributed by atoms with van der Waals surface area (Å²) in [7, 11) is 1.72. The van der Waals surface area contributed by atoms with Crippen LogP contribution < -0.4 is 4.74 Å². The molecule has 0 radical (unpaired) electrons. The number of aryl methyl sites for hydroxylation is 1. The lowest BCUT2D eigenvalue weighted by Crippen LogP contribution is -2.10. The zero-order chi connectivity index (χ0) is 16.3. The average molecular weight is 298 g/mol. The number of benzene rings is 2. The van der Waals surface area contributed by atoms with E-state index in [9.17, 15) is 0 Å². The molecule has 0 fully saturated rings. The summed E-state index contributed by atoms with van der Waals surface area (Å²) >= 11 is 0. The maximum Gasteiger partial charge on any atom is 0.130 e. The van der Waals surface area contributed by atoms with E-state index < -0.39 is 0 Å². The minimum Gasteiger partial charge on any atom is -0.457 e. The van der Waals surface area contributed by atoms with Gasteiger partial charge in [0, 0.05) is 7.11 Å². The minimum absolute atomic E-state index is 0.0613. The molecule has 0 saturated carbocycles. The van der Waals surface area contributed by atoms with Crippen LogP contribution in [-0.2, 0) is 10.2 Å². The zero-order valence-corrected chi connectivity index (χ0v) is 14.4. The molecule has 2 rings (SSSR count). The average Bonchev–Trinajstić information content (AvgIpc) is 2.48. The highest BCUT2D eigenvalue weighted by atomic mass is 16.5. The van der Waals surface area contributed by atoms with Gasteiger partial charge in [0.25, 0.3) is 0 Å². The van der Waals surface area contributed by atoms with Crippen molar-refractivity contribution in [1.82, 2.24) is 0 Å². The summed E-state index contributed by atoms with van der Waals surface area (Å²) in [5.74, 6) is 1.74. The van der Waals surface area contributed by atoms with Gasteiger partial charge in [-0.3, -0.25) is 0 Å². The summed E-state index contributed by atoms with van der Waals surface area (Å²) in [5, 5.41) is 0. The summed E-state index contributed by atoms with van der Waals surface area (Å²) in [6.07, 6.45) is 0.0613. The molecule has 2 aromatic carbocycles. The molecule has 0 aliphatic heterocycles. The fourth-order valence-corrected chi connectivity index (χ4v) is 2.27. The highest BCUT2D eigenvalue weighted by Crippen LogP contribution is 2.30. The summed E-state index contributed by atoms with van der Waals surface area (Å²) in [4.78, 5) is 0. The highest BCUT2D eigenvalue weighted by molar-refractivity contribution is 5.41. The van der Waals surface area contributed by atoms with Gasteiger partial charge in [-0.25, -0.2) is 0 Å². The van der Waals surface area contributed by atoms with Crippen molar-refractivity contribution in [2.24, 2.45) is 0 Å². The molecule has 0 aliphatic carbocycles. The van der Waals surface area contributed by atoms with Gasteiger partial charge in [0.05, 0.1) is 6.10 Å². The zero-order valence-electron chi connectivity index (χ0n) is 14.4. The van der Waals surface area contributed by atoms with Crippen LogP contribution in [0.4, 0.5) is 0 Å². The van der Waals surface area contributed by atoms with Crippen molar-refractivity contribution in [3.8, 4) is 11.5 Å². The standard InChI is InChI=1S/C20H26O2/c1-14-7-8-16(15(2)21-6)13-19(14)22-18-11-9-17(10-12-18)20(3,4)5/h7-13,15H,1-6H3. The molecule has 118 valence electrons. The van der Waals surface area contributed by atoms with Gasteiger partial charge < -0.3 is 9.47 Å².